The number of rotatable bonds is 3. The maximum absolute atomic E-state index is 14.2. The van der Waals surface area contributed by atoms with Crippen LogP contribution in [0.3, 0.4) is 0 Å². The van der Waals surface area contributed by atoms with Gasteiger partial charge in [0, 0.05) is 71.0 Å². The molecule has 1 fully saturated rings. The first-order valence-corrected chi connectivity index (χ1v) is 13.3. The lowest BCUT2D eigenvalue weighted by Gasteiger charge is -2.41. The minimum absolute atomic E-state index is 0.0792. The van der Waals surface area contributed by atoms with Crippen molar-refractivity contribution in [3.63, 3.8) is 0 Å². The lowest BCUT2D eigenvalue weighted by atomic mass is 10.0. The summed E-state index contributed by atoms with van der Waals surface area (Å²) in [5, 5.41) is 1.16. The Morgan fingerprint density at radius 1 is 1.16 bits per heavy atom. The number of thioether (sulfide) groups is 1. The van der Waals surface area contributed by atoms with Crippen LogP contribution in [0.1, 0.15) is 6.92 Å². The Kier molecular flexibility index (Phi) is 7.12. The molecule has 5 rings (SSSR count). The number of piperazine rings is 1. The summed E-state index contributed by atoms with van der Waals surface area (Å²) in [6, 6.07) is 5.48. The second-order valence-corrected chi connectivity index (χ2v) is 11.0. The average molecular weight is 587 g/mol. The maximum atomic E-state index is 14.2. The van der Waals surface area contributed by atoms with Crippen LogP contribution in [0.4, 0.5) is 23.4 Å². The molecule has 6 nitrogen and oxygen atoms in total. The van der Waals surface area contributed by atoms with E-state index < -0.39 is 23.6 Å². The lowest BCUT2D eigenvalue weighted by Crippen LogP contribution is -2.54. The number of hydrogen-bond donors (Lipinski definition) is 0. The Morgan fingerprint density at radius 2 is 1.92 bits per heavy atom. The molecule has 3 aromatic rings. The number of carbonyl (C=O) groups is 1. The Hall–Kier alpha value is -2.76. The first-order chi connectivity index (χ1) is 17.9. The molecule has 0 bridgehead atoms. The molecule has 0 saturated carbocycles. The van der Waals surface area contributed by atoms with Crippen LogP contribution in [0.15, 0.2) is 46.1 Å². The van der Waals surface area contributed by atoms with Crippen LogP contribution in [0, 0.1) is 5.82 Å². The van der Waals surface area contributed by atoms with E-state index in [2.05, 4.69) is 4.98 Å². The number of allylic oxidation sites excluding steroid dienone is 1. The second-order valence-electron chi connectivity index (χ2n) is 9.04. The molecule has 3 heterocycles. The van der Waals surface area contributed by atoms with Gasteiger partial charge in [-0.3, -0.25) is 9.36 Å². The number of aromatic nitrogens is 2. The predicted octanol–water partition coefficient (Wildman–Crippen LogP) is 5.77. The van der Waals surface area contributed by atoms with E-state index >= 15 is 0 Å². The quantitative estimate of drug-likeness (QED) is 0.288. The maximum Gasteiger partial charge on any atom is 0.409 e. The number of nitrogens with zero attached hydrogens (tertiary/aromatic N) is 4. The average Bonchev–Trinajstić information content (AvgIpc) is 2.83. The highest BCUT2D eigenvalue weighted by molar-refractivity contribution is 7.99. The zero-order chi connectivity index (χ0) is 27.4. The van der Waals surface area contributed by atoms with Crippen molar-refractivity contribution in [3.8, 4) is 11.1 Å². The molecule has 0 N–H and O–H groups in total. The number of anilines is 1. The fourth-order valence-corrected chi connectivity index (χ4v) is 6.68. The Balaban J connectivity index is 1.58. The Bertz CT molecular complexity index is 1520. The minimum atomic E-state index is -4.58. The van der Waals surface area contributed by atoms with E-state index in [9.17, 15) is 27.2 Å². The van der Waals surface area contributed by atoms with Crippen molar-refractivity contribution in [1.29, 1.82) is 0 Å². The third-order valence-electron chi connectivity index (χ3n) is 6.49. The Labute approximate surface area is 228 Å². The van der Waals surface area contributed by atoms with Gasteiger partial charge in [-0.15, -0.1) is 11.8 Å². The summed E-state index contributed by atoms with van der Waals surface area (Å²) in [6.07, 6.45) is -4.14. The molecule has 13 heteroatoms. The summed E-state index contributed by atoms with van der Waals surface area (Å²) < 4.78 is 53.3. The highest BCUT2D eigenvalue weighted by Crippen LogP contribution is 2.46. The number of carbonyl (C=O) groups excluding carboxylic acids is 1. The molecule has 2 aliphatic rings. The molecular weight excluding hydrogens is 567 g/mol. The molecule has 1 aromatic heterocycles. The molecular formula is C25H20Cl2F4N4O2S. The van der Waals surface area contributed by atoms with Gasteiger partial charge < -0.3 is 9.80 Å². The second kappa shape index (κ2) is 10.1. The summed E-state index contributed by atoms with van der Waals surface area (Å²) >= 11 is 14.4. The van der Waals surface area contributed by atoms with Crippen molar-refractivity contribution >= 4 is 57.6 Å². The molecule has 38 heavy (non-hydrogen) atoms. The lowest BCUT2D eigenvalue weighted by molar-refractivity contribution is -0.127. The monoisotopic (exact) mass is 586 g/mol. The van der Waals surface area contributed by atoms with Crippen LogP contribution in [0.2, 0.25) is 10.0 Å². The molecule has 200 valence electrons. The molecule has 2 aromatic carbocycles. The summed E-state index contributed by atoms with van der Waals surface area (Å²) in [7, 11) is 0. The van der Waals surface area contributed by atoms with Gasteiger partial charge in [0.2, 0.25) is 5.91 Å². The molecule has 1 amide bonds. The summed E-state index contributed by atoms with van der Waals surface area (Å²) in [5.41, 5.74) is 1.21. The third kappa shape index (κ3) is 5.11. The normalized spacial score (nSPS) is 18.0. The van der Waals surface area contributed by atoms with Crippen LogP contribution in [-0.4, -0.2) is 58.0 Å². The van der Waals surface area contributed by atoms with E-state index in [1.165, 1.54) is 28.8 Å². The highest BCUT2D eigenvalue weighted by Gasteiger charge is 2.32. The minimum Gasteiger partial charge on any atom is -0.350 e. The van der Waals surface area contributed by atoms with E-state index in [1.807, 2.05) is 4.90 Å². The fourth-order valence-electron chi connectivity index (χ4n) is 4.88. The van der Waals surface area contributed by atoms with Crippen molar-refractivity contribution in [3.05, 3.63) is 62.8 Å². The Morgan fingerprint density at radius 3 is 2.61 bits per heavy atom. The molecule has 1 atom stereocenters. The van der Waals surface area contributed by atoms with Crippen LogP contribution >= 0.6 is 35.0 Å². The third-order valence-corrected chi connectivity index (χ3v) is 8.08. The number of aryl methyl sites for hydroxylation is 1. The first-order valence-electron chi connectivity index (χ1n) is 11.6. The molecule has 0 radical (unpaired) electrons. The standard InChI is InChI=1S/C25H20Cl2F4N4O2S/c1-13-12-33(19(36)2-3-25(29,30)31)4-5-34(13)23-17-11-18(27)20(14-8-15(26)10-16(28)9-14)22-21(17)35(6-7-38-22)24(37)32-23/h2-3,8-11,13H,4-7,12H2,1H3/b3-2+/t13-/m0/s1. The largest absolute Gasteiger partial charge is 0.409 e. The van der Waals surface area contributed by atoms with Gasteiger partial charge in [0.05, 0.1) is 10.5 Å². The van der Waals surface area contributed by atoms with Crippen molar-refractivity contribution in [2.45, 2.75) is 30.6 Å². The van der Waals surface area contributed by atoms with Crippen molar-refractivity contribution in [2.24, 2.45) is 0 Å². The van der Waals surface area contributed by atoms with Crippen LogP contribution in [0.25, 0.3) is 22.0 Å². The van der Waals surface area contributed by atoms with Gasteiger partial charge in [-0.1, -0.05) is 23.2 Å². The summed E-state index contributed by atoms with van der Waals surface area (Å²) in [6.45, 7) is 2.77. The van der Waals surface area contributed by atoms with Gasteiger partial charge in [0.1, 0.15) is 11.6 Å². The number of halogens is 6. The zero-order valence-electron chi connectivity index (χ0n) is 19.9. The van der Waals surface area contributed by atoms with Gasteiger partial charge >= 0.3 is 11.9 Å². The summed E-state index contributed by atoms with van der Waals surface area (Å²) in [4.78, 5) is 33.7. The first kappa shape index (κ1) is 26.8. The van der Waals surface area contributed by atoms with Crippen molar-refractivity contribution < 1.29 is 22.4 Å². The number of alkyl halides is 3. The van der Waals surface area contributed by atoms with E-state index in [-0.39, 0.29) is 36.8 Å². The molecule has 0 spiro atoms. The number of amides is 1. The van der Waals surface area contributed by atoms with E-state index in [1.54, 1.807) is 23.6 Å². The van der Waals surface area contributed by atoms with Crippen LogP contribution < -0.4 is 10.6 Å². The van der Waals surface area contributed by atoms with Crippen molar-refractivity contribution in [2.75, 3.05) is 30.3 Å². The molecule has 0 unspecified atom stereocenters. The van der Waals surface area contributed by atoms with E-state index in [0.29, 0.717) is 56.1 Å². The topological polar surface area (TPSA) is 58.4 Å². The van der Waals surface area contributed by atoms with Crippen LogP contribution in [0.5, 0.6) is 0 Å². The smallest absolute Gasteiger partial charge is 0.350 e. The van der Waals surface area contributed by atoms with Gasteiger partial charge in [0.25, 0.3) is 0 Å². The molecule has 1 saturated heterocycles. The zero-order valence-corrected chi connectivity index (χ0v) is 22.2. The van der Waals surface area contributed by atoms with E-state index in [4.69, 9.17) is 23.2 Å². The highest BCUT2D eigenvalue weighted by atomic mass is 35.5. The number of hydrogen-bond acceptors (Lipinski definition) is 5. The van der Waals surface area contributed by atoms with Gasteiger partial charge in [-0.05, 0) is 36.8 Å². The fraction of sp³-hybridized carbons (Fsp3) is 0.320. The van der Waals surface area contributed by atoms with Crippen molar-refractivity contribution in [1.82, 2.24) is 14.5 Å². The van der Waals surface area contributed by atoms with Gasteiger partial charge in [-0.25, -0.2) is 9.18 Å². The molecule has 2 aliphatic heterocycles. The SMILES string of the molecule is C[C@H]1CN(C(=O)/C=C/C(F)(F)F)CCN1c1nc(=O)n2c3c(c(-c4cc(F)cc(Cl)c4)c(Cl)cc13)SCC2. The number of benzene rings is 2. The summed E-state index contributed by atoms with van der Waals surface area (Å²) in [5.74, 6) is -0.296. The van der Waals surface area contributed by atoms with Crippen LogP contribution in [-0.2, 0) is 11.3 Å². The van der Waals surface area contributed by atoms with Gasteiger partial charge in [-0.2, -0.15) is 18.2 Å². The van der Waals surface area contributed by atoms with E-state index in [0.717, 1.165) is 0 Å². The predicted molar refractivity (Wildman–Crippen MR) is 141 cm³/mol. The van der Waals surface area contributed by atoms with Gasteiger partial charge in [0.15, 0.2) is 0 Å². The molecule has 0 aliphatic carbocycles.